The van der Waals surface area contributed by atoms with Gasteiger partial charge in [0.25, 0.3) is 0 Å². The summed E-state index contributed by atoms with van der Waals surface area (Å²) in [6.45, 7) is 5.63. The topological polar surface area (TPSA) is 104 Å². The standard InChI is InChI=1S/C28H35FN4O4S/c1-28(2,3)37-25(34)13-18-8-10-21(11-9-18)36-27-19(7-6-12-30-27)14-23-26-22(29)15-20(33-38(4,5)35)16-24(26)32-17-31-23/h6-7,12,15-18,21H,8-11,13-14H2,1-5H3. The van der Waals surface area contributed by atoms with Crippen molar-refractivity contribution in [3.05, 3.63) is 53.9 Å². The first-order chi connectivity index (χ1) is 17.9. The van der Waals surface area contributed by atoms with Gasteiger partial charge in [-0.1, -0.05) is 6.07 Å². The quantitative estimate of drug-likeness (QED) is 0.349. The average Bonchev–Trinajstić information content (AvgIpc) is 2.79. The zero-order valence-corrected chi connectivity index (χ0v) is 23.4. The summed E-state index contributed by atoms with van der Waals surface area (Å²) in [6, 6.07) is 6.59. The molecule has 0 unspecified atom stereocenters. The number of halogens is 1. The van der Waals surface area contributed by atoms with Crippen molar-refractivity contribution in [2.24, 2.45) is 10.3 Å². The fraction of sp³-hybridized carbons (Fsp3) is 0.500. The van der Waals surface area contributed by atoms with Crippen LogP contribution in [-0.2, 0) is 25.7 Å². The summed E-state index contributed by atoms with van der Waals surface area (Å²) in [5.74, 6) is 0.111. The minimum Gasteiger partial charge on any atom is -0.474 e. The second-order valence-electron chi connectivity index (χ2n) is 11.1. The third-order valence-corrected chi connectivity index (χ3v) is 6.88. The van der Waals surface area contributed by atoms with Crippen molar-refractivity contribution >= 4 is 32.3 Å². The number of nitrogens with zero attached hydrogens (tertiary/aromatic N) is 4. The van der Waals surface area contributed by atoms with Crippen molar-refractivity contribution in [2.75, 3.05) is 12.5 Å². The molecule has 8 nitrogen and oxygen atoms in total. The fourth-order valence-electron chi connectivity index (χ4n) is 4.71. The molecular formula is C28H35FN4O4S. The van der Waals surface area contributed by atoms with Crippen molar-refractivity contribution in [1.29, 1.82) is 0 Å². The highest BCUT2D eigenvalue weighted by atomic mass is 32.2. The number of aromatic nitrogens is 3. The van der Waals surface area contributed by atoms with Crippen molar-refractivity contribution in [3.8, 4) is 5.88 Å². The van der Waals surface area contributed by atoms with E-state index >= 15 is 4.39 Å². The Balaban J connectivity index is 1.47. The molecule has 2 heterocycles. The summed E-state index contributed by atoms with van der Waals surface area (Å²) in [4.78, 5) is 25.2. The van der Waals surface area contributed by atoms with Crippen molar-refractivity contribution in [2.45, 2.75) is 71.0 Å². The maximum atomic E-state index is 15.2. The number of rotatable bonds is 7. The SMILES string of the molecule is CC(C)(C)OC(=O)CC1CCC(Oc2ncccc2Cc2ncnc3cc(N=S(C)(C)=O)cc(F)c23)CC1. The number of hydrogen-bond donors (Lipinski definition) is 0. The Morgan fingerprint density at radius 1 is 1.13 bits per heavy atom. The second-order valence-corrected chi connectivity index (χ2v) is 13.7. The molecule has 38 heavy (non-hydrogen) atoms. The van der Waals surface area contributed by atoms with E-state index in [2.05, 4.69) is 19.3 Å². The molecule has 0 spiro atoms. The molecule has 1 aromatic carbocycles. The number of benzene rings is 1. The summed E-state index contributed by atoms with van der Waals surface area (Å²) < 4.78 is 43.1. The number of esters is 1. The normalized spacial score (nSPS) is 18.3. The van der Waals surface area contributed by atoms with E-state index in [1.165, 1.54) is 24.9 Å². The molecule has 1 saturated carbocycles. The van der Waals surface area contributed by atoms with Crippen LogP contribution in [0.3, 0.4) is 0 Å². The average molecular weight is 543 g/mol. The number of ether oxygens (including phenoxy) is 2. The van der Waals surface area contributed by atoms with Gasteiger partial charge in [0.05, 0.1) is 22.3 Å². The number of pyridine rings is 1. The first-order valence-corrected chi connectivity index (χ1v) is 15.1. The van der Waals surface area contributed by atoms with Crippen molar-refractivity contribution in [3.63, 3.8) is 0 Å². The largest absolute Gasteiger partial charge is 0.474 e. The molecule has 4 rings (SSSR count). The summed E-state index contributed by atoms with van der Waals surface area (Å²) in [5.41, 5.74) is 1.50. The molecular weight excluding hydrogens is 507 g/mol. The van der Waals surface area contributed by atoms with Gasteiger partial charge in [-0.2, -0.15) is 4.36 Å². The molecule has 10 heteroatoms. The second kappa shape index (κ2) is 11.3. The summed E-state index contributed by atoms with van der Waals surface area (Å²) in [5, 5.41) is 0.294. The maximum Gasteiger partial charge on any atom is 0.306 e. The van der Waals surface area contributed by atoms with Crippen LogP contribution in [0.2, 0.25) is 0 Å². The molecule has 0 amide bonds. The molecule has 1 aliphatic carbocycles. The van der Waals surface area contributed by atoms with Gasteiger partial charge < -0.3 is 9.47 Å². The Labute approximate surface area is 223 Å². The van der Waals surface area contributed by atoms with Crippen LogP contribution in [0.5, 0.6) is 5.88 Å². The predicted octanol–water partition coefficient (Wildman–Crippen LogP) is 5.78. The van der Waals surface area contributed by atoms with Crippen LogP contribution in [0.25, 0.3) is 10.9 Å². The molecule has 204 valence electrons. The van der Waals surface area contributed by atoms with E-state index < -0.39 is 21.1 Å². The Morgan fingerprint density at radius 3 is 2.55 bits per heavy atom. The molecule has 1 aliphatic rings. The fourth-order valence-corrected chi connectivity index (χ4v) is 5.32. The summed E-state index contributed by atoms with van der Waals surface area (Å²) in [6.07, 6.45) is 10.2. The number of hydrogen-bond acceptors (Lipinski definition) is 8. The first kappa shape index (κ1) is 27.9. The molecule has 0 aliphatic heterocycles. The zero-order chi connectivity index (χ0) is 27.5. The Morgan fingerprint density at radius 2 is 1.87 bits per heavy atom. The minimum absolute atomic E-state index is 0.0143. The van der Waals surface area contributed by atoms with E-state index in [0.29, 0.717) is 35.3 Å². The van der Waals surface area contributed by atoms with Crippen LogP contribution in [0.1, 0.15) is 64.1 Å². The smallest absolute Gasteiger partial charge is 0.306 e. The molecule has 0 N–H and O–H groups in total. The van der Waals surface area contributed by atoms with Gasteiger partial charge in [-0.25, -0.2) is 23.6 Å². The van der Waals surface area contributed by atoms with Gasteiger partial charge in [0.1, 0.15) is 23.8 Å². The van der Waals surface area contributed by atoms with E-state index in [1.807, 2.05) is 32.9 Å². The molecule has 2 aromatic heterocycles. The van der Waals surface area contributed by atoms with E-state index in [-0.39, 0.29) is 23.7 Å². The van der Waals surface area contributed by atoms with E-state index in [0.717, 1.165) is 31.2 Å². The lowest BCUT2D eigenvalue weighted by Gasteiger charge is -2.29. The third-order valence-electron chi connectivity index (χ3n) is 6.23. The van der Waals surface area contributed by atoms with Gasteiger partial charge in [-0.05, 0) is 64.5 Å². The van der Waals surface area contributed by atoms with Crippen LogP contribution in [-0.4, -0.2) is 49.3 Å². The van der Waals surface area contributed by atoms with E-state index in [9.17, 15) is 9.00 Å². The minimum atomic E-state index is -2.44. The third kappa shape index (κ3) is 7.69. The van der Waals surface area contributed by atoms with Crippen LogP contribution in [0.4, 0.5) is 10.1 Å². The van der Waals surface area contributed by atoms with Gasteiger partial charge in [-0.3, -0.25) is 4.79 Å². The van der Waals surface area contributed by atoms with Crippen LogP contribution >= 0.6 is 0 Å². The maximum absolute atomic E-state index is 15.2. The lowest BCUT2D eigenvalue weighted by atomic mass is 9.85. The Hall–Kier alpha value is -3.14. The summed E-state index contributed by atoms with van der Waals surface area (Å²) in [7, 11) is -2.44. The van der Waals surface area contributed by atoms with Crippen molar-refractivity contribution in [1.82, 2.24) is 15.0 Å². The first-order valence-electron chi connectivity index (χ1n) is 12.8. The van der Waals surface area contributed by atoms with Gasteiger partial charge in [0, 0.05) is 52.9 Å². The Bertz CT molecular complexity index is 1430. The highest BCUT2D eigenvalue weighted by Crippen LogP contribution is 2.32. The van der Waals surface area contributed by atoms with E-state index in [1.54, 1.807) is 12.3 Å². The van der Waals surface area contributed by atoms with Crippen LogP contribution < -0.4 is 4.74 Å². The lowest BCUT2D eigenvalue weighted by Crippen LogP contribution is -2.29. The monoisotopic (exact) mass is 542 g/mol. The molecule has 0 bridgehead atoms. The highest BCUT2D eigenvalue weighted by Gasteiger charge is 2.27. The van der Waals surface area contributed by atoms with Gasteiger partial charge >= 0.3 is 5.97 Å². The van der Waals surface area contributed by atoms with E-state index in [4.69, 9.17) is 9.47 Å². The van der Waals surface area contributed by atoms with Crippen LogP contribution in [0.15, 0.2) is 41.2 Å². The van der Waals surface area contributed by atoms with Gasteiger partial charge in [0.15, 0.2) is 0 Å². The zero-order valence-electron chi connectivity index (χ0n) is 22.6. The molecule has 1 fully saturated rings. The highest BCUT2D eigenvalue weighted by molar-refractivity contribution is 7.92. The molecule has 0 atom stereocenters. The molecule has 0 saturated heterocycles. The molecule has 3 aromatic rings. The summed E-state index contributed by atoms with van der Waals surface area (Å²) >= 11 is 0. The van der Waals surface area contributed by atoms with Crippen molar-refractivity contribution < 1.29 is 22.9 Å². The Kier molecular flexibility index (Phi) is 8.30. The molecule has 0 radical (unpaired) electrons. The van der Waals surface area contributed by atoms with Gasteiger partial charge in [0.2, 0.25) is 5.88 Å². The number of carbonyl (C=O) groups is 1. The predicted molar refractivity (Wildman–Crippen MR) is 145 cm³/mol. The number of carbonyl (C=O) groups excluding carboxylic acids is 1. The lowest BCUT2D eigenvalue weighted by molar-refractivity contribution is -0.156. The van der Waals surface area contributed by atoms with Gasteiger partial charge in [-0.15, -0.1) is 0 Å². The van der Waals surface area contributed by atoms with Crippen LogP contribution in [0, 0.1) is 11.7 Å². The number of fused-ring (bicyclic) bond motifs is 1.